The summed E-state index contributed by atoms with van der Waals surface area (Å²) in [5, 5.41) is 11.9. The Balaban J connectivity index is 1.74. The average molecular weight is 321 g/mol. The summed E-state index contributed by atoms with van der Waals surface area (Å²) in [4.78, 5) is 23.4. The van der Waals surface area contributed by atoms with Crippen LogP contribution in [0.3, 0.4) is 0 Å². The summed E-state index contributed by atoms with van der Waals surface area (Å²) >= 11 is 0. The van der Waals surface area contributed by atoms with E-state index in [1.165, 1.54) is 7.11 Å². The Morgan fingerprint density at radius 2 is 2.04 bits per heavy atom. The van der Waals surface area contributed by atoms with Gasteiger partial charge in [-0.05, 0) is 31.4 Å². The van der Waals surface area contributed by atoms with Crippen LogP contribution >= 0.6 is 0 Å². The summed E-state index contributed by atoms with van der Waals surface area (Å²) in [5.74, 6) is -0.0194. The molecule has 0 unspecified atom stereocenters. The van der Waals surface area contributed by atoms with Gasteiger partial charge in [-0.3, -0.25) is 9.59 Å². The van der Waals surface area contributed by atoms with Gasteiger partial charge >= 0.3 is 5.97 Å². The minimum absolute atomic E-state index is 0.122. The predicted octanol–water partition coefficient (Wildman–Crippen LogP) is 1.45. The van der Waals surface area contributed by atoms with Gasteiger partial charge in [0, 0.05) is 11.6 Å². The molecule has 2 atom stereocenters. The molecule has 1 heterocycles. The number of nitrogens with one attached hydrogen (secondary N) is 1. The number of carboxylic acid groups (broad SMARTS) is 1. The van der Waals surface area contributed by atoms with Crippen molar-refractivity contribution < 1.29 is 28.9 Å². The van der Waals surface area contributed by atoms with E-state index in [0.29, 0.717) is 55.3 Å². The maximum absolute atomic E-state index is 12.4. The number of carbonyl (C=O) groups is 2. The average Bonchev–Trinajstić information content (AvgIpc) is 3.02. The van der Waals surface area contributed by atoms with Crippen molar-refractivity contribution in [2.75, 3.05) is 20.3 Å². The van der Waals surface area contributed by atoms with Crippen LogP contribution in [-0.4, -0.2) is 43.3 Å². The molecule has 0 aromatic heterocycles. The van der Waals surface area contributed by atoms with E-state index in [9.17, 15) is 9.59 Å². The zero-order valence-electron chi connectivity index (χ0n) is 12.8. The Labute approximate surface area is 133 Å². The molecule has 2 aliphatic rings. The molecule has 0 saturated heterocycles. The van der Waals surface area contributed by atoms with Crippen molar-refractivity contribution in [1.29, 1.82) is 0 Å². The van der Waals surface area contributed by atoms with Crippen LogP contribution < -0.4 is 19.5 Å². The molecule has 0 bridgehead atoms. The highest BCUT2D eigenvalue weighted by Crippen LogP contribution is 2.40. The van der Waals surface area contributed by atoms with Crippen LogP contribution in [0.1, 0.15) is 29.6 Å². The van der Waals surface area contributed by atoms with Crippen LogP contribution in [0.15, 0.2) is 12.1 Å². The molecule has 1 aliphatic carbocycles. The molecular formula is C16H19NO6. The van der Waals surface area contributed by atoms with Gasteiger partial charge in [-0.1, -0.05) is 0 Å². The second kappa shape index (κ2) is 6.36. The number of amides is 1. The van der Waals surface area contributed by atoms with Gasteiger partial charge in [0.05, 0.1) is 13.0 Å². The number of rotatable bonds is 4. The summed E-state index contributed by atoms with van der Waals surface area (Å²) < 4.78 is 16.3. The first kappa shape index (κ1) is 15.5. The lowest BCUT2D eigenvalue weighted by molar-refractivity contribution is -0.141. The van der Waals surface area contributed by atoms with Crippen LogP contribution in [0.2, 0.25) is 0 Å². The summed E-state index contributed by atoms with van der Waals surface area (Å²) in [6.45, 7) is 0.859. The van der Waals surface area contributed by atoms with Crippen molar-refractivity contribution in [3.63, 3.8) is 0 Å². The Morgan fingerprint density at radius 3 is 2.74 bits per heavy atom. The lowest BCUT2D eigenvalue weighted by Crippen LogP contribution is -2.33. The fourth-order valence-electron chi connectivity index (χ4n) is 3.01. The van der Waals surface area contributed by atoms with Crippen LogP contribution in [-0.2, 0) is 4.79 Å². The van der Waals surface area contributed by atoms with Gasteiger partial charge in [0.1, 0.15) is 13.2 Å². The highest BCUT2D eigenvalue weighted by Gasteiger charge is 2.31. The van der Waals surface area contributed by atoms with Crippen molar-refractivity contribution in [1.82, 2.24) is 5.32 Å². The van der Waals surface area contributed by atoms with E-state index < -0.39 is 5.97 Å². The molecule has 3 rings (SSSR count). The largest absolute Gasteiger partial charge is 0.493 e. The molecule has 7 heteroatoms. The van der Waals surface area contributed by atoms with Crippen LogP contribution in [0.4, 0.5) is 0 Å². The zero-order valence-corrected chi connectivity index (χ0v) is 12.8. The minimum Gasteiger partial charge on any atom is -0.493 e. The summed E-state index contributed by atoms with van der Waals surface area (Å²) in [7, 11) is 1.50. The third-order valence-corrected chi connectivity index (χ3v) is 4.21. The smallest absolute Gasteiger partial charge is 0.306 e. The first-order valence-corrected chi connectivity index (χ1v) is 7.59. The zero-order chi connectivity index (χ0) is 16.4. The Morgan fingerprint density at radius 1 is 1.26 bits per heavy atom. The van der Waals surface area contributed by atoms with Crippen LogP contribution in [0.25, 0.3) is 0 Å². The second-order valence-corrected chi connectivity index (χ2v) is 5.72. The van der Waals surface area contributed by atoms with E-state index in [1.807, 2.05) is 0 Å². The van der Waals surface area contributed by atoms with E-state index in [0.717, 1.165) is 0 Å². The fourth-order valence-corrected chi connectivity index (χ4v) is 3.01. The normalized spacial score (nSPS) is 22.5. The second-order valence-electron chi connectivity index (χ2n) is 5.72. The van der Waals surface area contributed by atoms with E-state index in [4.69, 9.17) is 19.3 Å². The number of carboxylic acids is 1. The van der Waals surface area contributed by atoms with Gasteiger partial charge in [0.25, 0.3) is 5.91 Å². The molecule has 1 aromatic carbocycles. The molecule has 2 N–H and O–H groups in total. The van der Waals surface area contributed by atoms with Crippen molar-refractivity contribution >= 4 is 11.9 Å². The van der Waals surface area contributed by atoms with E-state index in [2.05, 4.69) is 5.32 Å². The molecule has 1 saturated carbocycles. The molecular weight excluding hydrogens is 302 g/mol. The number of hydrogen-bond acceptors (Lipinski definition) is 5. The van der Waals surface area contributed by atoms with Gasteiger partial charge in [0.2, 0.25) is 5.75 Å². The summed E-state index contributed by atoms with van der Waals surface area (Å²) in [6, 6.07) is 3.10. The van der Waals surface area contributed by atoms with E-state index in [-0.39, 0.29) is 17.9 Å². The number of carbonyl (C=O) groups excluding carboxylic acids is 1. The van der Waals surface area contributed by atoms with Crippen molar-refractivity contribution in [3.8, 4) is 17.2 Å². The molecule has 1 fully saturated rings. The Bertz CT molecular complexity index is 612. The molecule has 0 spiro atoms. The SMILES string of the molecule is COc1cc(C(=O)N[C@@H]2CC[C@H](C(=O)O)C2)cc2c1OCCO2. The Hall–Kier alpha value is -2.44. The quantitative estimate of drug-likeness (QED) is 0.872. The third kappa shape index (κ3) is 3.18. The van der Waals surface area contributed by atoms with Crippen LogP contribution in [0, 0.1) is 5.92 Å². The van der Waals surface area contributed by atoms with Gasteiger partial charge in [0.15, 0.2) is 11.5 Å². The van der Waals surface area contributed by atoms with Crippen molar-refractivity contribution in [2.45, 2.75) is 25.3 Å². The van der Waals surface area contributed by atoms with E-state index in [1.54, 1.807) is 12.1 Å². The molecule has 1 aliphatic heterocycles. The van der Waals surface area contributed by atoms with Crippen molar-refractivity contribution in [2.24, 2.45) is 5.92 Å². The molecule has 124 valence electrons. The standard InChI is InChI=1S/C16H19NO6/c1-21-12-7-10(8-13-14(12)23-5-4-22-13)15(18)17-11-3-2-9(6-11)16(19)20/h7-9,11H,2-6H2,1H3,(H,17,18)(H,19,20)/t9-,11+/m0/s1. The third-order valence-electron chi connectivity index (χ3n) is 4.21. The lowest BCUT2D eigenvalue weighted by atomic mass is 10.1. The minimum atomic E-state index is -0.803. The van der Waals surface area contributed by atoms with Gasteiger partial charge in [-0.15, -0.1) is 0 Å². The number of hydrogen-bond donors (Lipinski definition) is 2. The predicted molar refractivity (Wildman–Crippen MR) is 80.2 cm³/mol. The number of ether oxygens (including phenoxy) is 3. The number of aliphatic carboxylic acids is 1. The molecule has 0 radical (unpaired) electrons. The highest BCUT2D eigenvalue weighted by molar-refractivity contribution is 5.96. The molecule has 23 heavy (non-hydrogen) atoms. The summed E-state index contributed by atoms with van der Waals surface area (Å²) in [6.07, 6.45) is 1.72. The highest BCUT2D eigenvalue weighted by atomic mass is 16.6. The van der Waals surface area contributed by atoms with Crippen molar-refractivity contribution in [3.05, 3.63) is 17.7 Å². The monoisotopic (exact) mass is 321 g/mol. The first-order chi connectivity index (χ1) is 11.1. The molecule has 7 nitrogen and oxygen atoms in total. The van der Waals surface area contributed by atoms with E-state index >= 15 is 0 Å². The maximum atomic E-state index is 12.4. The first-order valence-electron chi connectivity index (χ1n) is 7.59. The lowest BCUT2D eigenvalue weighted by Gasteiger charge is -2.21. The van der Waals surface area contributed by atoms with Gasteiger partial charge in [-0.25, -0.2) is 0 Å². The summed E-state index contributed by atoms with van der Waals surface area (Å²) in [5.41, 5.74) is 0.407. The molecule has 1 aromatic rings. The number of fused-ring (bicyclic) bond motifs is 1. The maximum Gasteiger partial charge on any atom is 0.306 e. The number of methoxy groups -OCH3 is 1. The fraction of sp³-hybridized carbons (Fsp3) is 0.500. The molecule has 1 amide bonds. The number of benzene rings is 1. The van der Waals surface area contributed by atoms with Gasteiger partial charge < -0.3 is 24.6 Å². The Kier molecular flexibility index (Phi) is 4.27. The topological polar surface area (TPSA) is 94.1 Å². The van der Waals surface area contributed by atoms with Gasteiger partial charge in [-0.2, -0.15) is 0 Å². The van der Waals surface area contributed by atoms with Crippen LogP contribution in [0.5, 0.6) is 17.2 Å².